The summed E-state index contributed by atoms with van der Waals surface area (Å²) in [5.41, 5.74) is 2.05. The summed E-state index contributed by atoms with van der Waals surface area (Å²) >= 11 is 0. The fourth-order valence-electron chi connectivity index (χ4n) is 2.99. The van der Waals surface area contributed by atoms with Crippen LogP contribution < -0.4 is 5.48 Å². The Morgan fingerprint density at radius 3 is 2.36 bits per heavy atom. The minimum absolute atomic E-state index is 0.0813. The van der Waals surface area contributed by atoms with Gasteiger partial charge in [0.1, 0.15) is 18.4 Å². The number of hydrogen-bond donors (Lipinski definition) is 5. The van der Waals surface area contributed by atoms with Gasteiger partial charge in [-0.05, 0) is 23.6 Å². The van der Waals surface area contributed by atoms with Gasteiger partial charge in [0.05, 0.1) is 6.61 Å². The number of hydrogen-bond acceptors (Lipinski definition) is 8. The fourth-order valence-corrected chi connectivity index (χ4v) is 3.29. The number of aliphatic hydroxyl groups is 1. The van der Waals surface area contributed by atoms with Gasteiger partial charge in [0, 0.05) is 6.07 Å². The molecule has 0 spiro atoms. The van der Waals surface area contributed by atoms with E-state index in [0.717, 1.165) is 17.2 Å². The molecule has 2 atom stereocenters. The van der Waals surface area contributed by atoms with Gasteiger partial charge >= 0.3 is 7.82 Å². The van der Waals surface area contributed by atoms with Crippen molar-refractivity contribution in [2.75, 3.05) is 0 Å². The number of aromatic nitrogens is 1. The molecular weight excluding hydrogens is 455 g/mol. The number of ether oxygens (including phenoxy) is 1. The summed E-state index contributed by atoms with van der Waals surface area (Å²) in [6.07, 6.45) is -1.69. The lowest BCUT2D eigenvalue weighted by atomic mass is 9.95. The normalized spacial score (nSPS) is 14.5. The van der Waals surface area contributed by atoms with E-state index >= 15 is 0 Å². The summed E-state index contributed by atoms with van der Waals surface area (Å²) in [6.45, 7) is 0.561. The van der Waals surface area contributed by atoms with Crippen molar-refractivity contribution in [3.05, 3.63) is 77.7 Å². The Hall–Kier alpha value is -2.89. The Labute approximate surface area is 188 Å². The Morgan fingerprint density at radius 1 is 1.12 bits per heavy atom. The maximum atomic E-state index is 12.3. The van der Waals surface area contributed by atoms with E-state index in [4.69, 9.17) is 24.3 Å². The summed E-state index contributed by atoms with van der Waals surface area (Å²) in [7, 11) is -4.74. The minimum atomic E-state index is -4.74. The number of phosphoric ester groups is 1. The van der Waals surface area contributed by atoms with Gasteiger partial charge in [-0.3, -0.25) is 14.5 Å². The van der Waals surface area contributed by atoms with Crippen molar-refractivity contribution in [2.24, 2.45) is 0 Å². The number of hydroxylamine groups is 1. The Bertz CT molecular complexity index is 1110. The first-order valence-electron chi connectivity index (χ1n) is 9.69. The van der Waals surface area contributed by atoms with E-state index in [0.29, 0.717) is 5.56 Å². The molecule has 0 aliphatic heterocycles. The van der Waals surface area contributed by atoms with Crippen LogP contribution in [0.2, 0.25) is 0 Å². The third kappa shape index (κ3) is 6.34. The molecular formula is C21H23N2O9P. The summed E-state index contributed by atoms with van der Waals surface area (Å²) in [5, 5.41) is 23.5. The summed E-state index contributed by atoms with van der Waals surface area (Å²) in [4.78, 5) is 29.9. The number of nitrogens with zero attached hydrogens (tertiary/aromatic N) is 1. The first kappa shape index (κ1) is 24.7. The molecule has 0 saturated heterocycles. The summed E-state index contributed by atoms with van der Waals surface area (Å²) < 4.78 is 25.7. The van der Waals surface area contributed by atoms with Crippen LogP contribution >= 0.6 is 7.82 Å². The summed E-state index contributed by atoms with van der Waals surface area (Å²) in [5.74, 6) is -1.14. The molecule has 1 aromatic heterocycles. The topological polar surface area (TPSA) is 172 Å². The van der Waals surface area contributed by atoms with E-state index in [1.807, 2.05) is 42.5 Å². The fraction of sp³-hybridized carbons (Fsp3) is 0.238. The monoisotopic (exact) mass is 478 g/mol. The predicted octanol–water partition coefficient (Wildman–Crippen LogP) is 2.47. The lowest BCUT2D eigenvalue weighted by Crippen LogP contribution is -2.50. The molecule has 176 valence electrons. The quantitative estimate of drug-likeness (QED) is 0.166. The SMILES string of the molecule is C[C@@](OCc1ccc(-c2ccccc2)cc1)(C(=O)NO)[C@@H](O)c1cc(COP(=O)(O)O)on1. The molecule has 11 nitrogen and oxygen atoms in total. The van der Waals surface area contributed by atoms with Crippen molar-refractivity contribution in [3.8, 4) is 11.1 Å². The molecule has 1 heterocycles. The summed E-state index contributed by atoms with van der Waals surface area (Å²) in [6, 6.07) is 18.3. The first-order valence-corrected chi connectivity index (χ1v) is 11.2. The van der Waals surface area contributed by atoms with Crippen molar-refractivity contribution < 1.29 is 43.2 Å². The van der Waals surface area contributed by atoms with Gasteiger partial charge in [0.15, 0.2) is 11.4 Å². The number of nitrogens with one attached hydrogen (secondary N) is 1. The zero-order valence-electron chi connectivity index (χ0n) is 17.5. The van der Waals surface area contributed by atoms with Gasteiger partial charge in [-0.15, -0.1) is 0 Å². The van der Waals surface area contributed by atoms with Crippen LogP contribution in [0.5, 0.6) is 0 Å². The van der Waals surface area contributed by atoms with Gasteiger partial charge in [0.25, 0.3) is 5.91 Å². The average Bonchev–Trinajstić information content (AvgIpc) is 3.30. The molecule has 1 amide bonds. The third-order valence-electron chi connectivity index (χ3n) is 4.91. The maximum absolute atomic E-state index is 12.3. The number of amides is 1. The van der Waals surface area contributed by atoms with Gasteiger partial charge in [-0.2, -0.15) is 0 Å². The van der Waals surface area contributed by atoms with Gasteiger partial charge in [-0.25, -0.2) is 10.0 Å². The number of carbonyl (C=O) groups is 1. The third-order valence-corrected chi connectivity index (χ3v) is 5.37. The highest BCUT2D eigenvalue weighted by Gasteiger charge is 2.44. The smallest absolute Gasteiger partial charge is 0.383 e. The van der Waals surface area contributed by atoms with Crippen molar-refractivity contribution in [1.82, 2.24) is 10.6 Å². The van der Waals surface area contributed by atoms with Crippen LogP contribution in [0.25, 0.3) is 11.1 Å². The number of aliphatic hydroxyl groups excluding tert-OH is 1. The van der Waals surface area contributed by atoms with E-state index in [9.17, 15) is 14.5 Å². The highest BCUT2D eigenvalue weighted by molar-refractivity contribution is 7.46. The largest absolute Gasteiger partial charge is 0.470 e. The molecule has 0 aliphatic rings. The molecule has 0 fully saturated rings. The molecule has 0 unspecified atom stereocenters. The second-order valence-corrected chi connectivity index (χ2v) is 8.52. The van der Waals surface area contributed by atoms with Gasteiger partial charge in [0.2, 0.25) is 0 Å². The van der Waals surface area contributed by atoms with Crippen LogP contribution in [0.4, 0.5) is 0 Å². The Kier molecular flexibility index (Phi) is 7.77. The van der Waals surface area contributed by atoms with Crippen LogP contribution in [-0.2, 0) is 31.8 Å². The molecule has 5 N–H and O–H groups in total. The standard InChI is InChI=1S/C21H23N2O9P/c1-21(20(25)22-26,19(24)18-11-17(32-23-18)13-31-33(27,28)29)30-12-14-7-9-16(10-8-14)15-5-3-2-4-6-15/h2-11,19,24,26H,12-13H2,1H3,(H,22,25)(H2,27,28,29)/t19-,21-/m0/s1. The average molecular weight is 478 g/mol. The van der Waals surface area contributed by atoms with Crippen LogP contribution in [0, 0.1) is 0 Å². The zero-order valence-corrected chi connectivity index (χ0v) is 18.4. The van der Waals surface area contributed by atoms with E-state index in [2.05, 4.69) is 9.68 Å². The van der Waals surface area contributed by atoms with E-state index in [-0.39, 0.29) is 18.1 Å². The predicted molar refractivity (Wildman–Crippen MR) is 113 cm³/mol. The van der Waals surface area contributed by atoms with Gasteiger partial charge < -0.3 is 24.2 Å². The molecule has 33 heavy (non-hydrogen) atoms. The lowest BCUT2D eigenvalue weighted by molar-refractivity contribution is -0.174. The van der Waals surface area contributed by atoms with Gasteiger partial charge in [-0.1, -0.05) is 59.8 Å². The second-order valence-electron chi connectivity index (χ2n) is 7.28. The van der Waals surface area contributed by atoms with Crippen molar-refractivity contribution >= 4 is 13.7 Å². The van der Waals surface area contributed by atoms with E-state index < -0.39 is 32.0 Å². The number of rotatable bonds is 10. The van der Waals surface area contributed by atoms with Crippen molar-refractivity contribution in [2.45, 2.75) is 31.8 Å². The highest BCUT2D eigenvalue weighted by Crippen LogP contribution is 2.37. The van der Waals surface area contributed by atoms with Crippen LogP contribution in [0.1, 0.15) is 30.0 Å². The first-order chi connectivity index (χ1) is 15.6. The maximum Gasteiger partial charge on any atom is 0.470 e. The van der Waals surface area contributed by atoms with E-state index in [1.165, 1.54) is 12.4 Å². The molecule has 2 aromatic carbocycles. The molecule has 0 bridgehead atoms. The minimum Gasteiger partial charge on any atom is -0.383 e. The Balaban J connectivity index is 1.72. The zero-order chi connectivity index (χ0) is 24.1. The molecule has 0 aliphatic carbocycles. The number of carbonyl (C=O) groups excluding carboxylic acids is 1. The van der Waals surface area contributed by atoms with Crippen molar-refractivity contribution in [1.29, 1.82) is 0 Å². The molecule has 12 heteroatoms. The van der Waals surface area contributed by atoms with Crippen LogP contribution in [0.3, 0.4) is 0 Å². The second kappa shape index (κ2) is 10.4. The molecule has 3 rings (SSSR count). The van der Waals surface area contributed by atoms with Crippen molar-refractivity contribution in [3.63, 3.8) is 0 Å². The highest BCUT2D eigenvalue weighted by atomic mass is 31.2. The lowest BCUT2D eigenvalue weighted by Gasteiger charge is -2.31. The number of benzene rings is 2. The molecule has 0 radical (unpaired) electrons. The number of phosphoric acid groups is 1. The molecule has 3 aromatic rings. The van der Waals surface area contributed by atoms with Crippen LogP contribution in [0.15, 0.2) is 65.2 Å². The van der Waals surface area contributed by atoms with E-state index in [1.54, 1.807) is 12.1 Å². The van der Waals surface area contributed by atoms with Crippen LogP contribution in [-0.4, -0.2) is 36.8 Å². The Morgan fingerprint density at radius 2 is 1.76 bits per heavy atom. The molecule has 0 saturated carbocycles.